The number of likely N-dealkylation sites (N-methyl/N-ethyl adjacent to an activating group) is 1. The quantitative estimate of drug-likeness (QED) is 0.829. The van der Waals surface area contributed by atoms with Crippen LogP contribution >= 0.6 is 0 Å². The van der Waals surface area contributed by atoms with E-state index in [9.17, 15) is 5.11 Å². The Morgan fingerprint density at radius 2 is 1.95 bits per heavy atom. The zero-order chi connectivity index (χ0) is 15.2. The third-order valence-corrected chi connectivity index (χ3v) is 4.09. The van der Waals surface area contributed by atoms with E-state index in [2.05, 4.69) is 66.3 Å². The maximum atomic E-state index is 10.3. The summed E-state index contributed by atoms with van der Waals surface area (Å²) in [5, 5.41) is 13.6. The van der Waals surface area contributed by atoms with E-state index in [0.29, 0.717) is 18.6 Å². The van der Waals surface area contributed by atoms with Gasteiger partial charge in [-0.25, -0.2) is 0 Å². The van der Waals surface area contributed by atoms with Crippen molar-refractivity contribution in [3.05, 3.63) is 35.9 Å². The third-order valence-electron chi connectivity index (χ3n) is 4.09. The molecule has 0 radical (unpaired) electrons. The van der Waals surface area contributed by atoms with Crippen molar-refractivity contribution in [2.24, 2.45) is 0 Å². The minimum atomic E-state index is -0.318. The van der Waals surface area contributed by atoms with Crippen LogP contribution in [0.5, 0.6) is 0 Å². The number of piperazine rings is 1. The van der Waals surface area contributed by atoms with Crippen molar-refractivity contribution in [1.29, 1.82) is 0 Å². The number of benzene rings is 1. The highest BCUT2D eigenvalue weighted by atomic mass is 16.3. The summed E-state index contributed by atoms with van der Waals surface area (Å²) < 4.78 is 0. The van der Waals surface area contributed by atoms with Crippen molar-refractivity contribution in [2.45, 2.75) is 32.0 Å². The Labute approximate surface area is 128 Å². The Morgan fingerprint density at radius 3 is 2.62 bits per heavy atom. The van der Waals surface area contributed by atoms with Crippen LogP contribution in [0.25, 0.3) is 0 Å². The summed E-state index contributed by atoms with van der Waals surface area (Å²) in [7, 11) is 2.17. The van der Waals surface area contributed by atoms with Crippen LogP contribution in [-0.2, 0) is 0 Å². The molecule has 1 aromatic rings. The summed E-state index contributed by atoms with van der Waals surface area (Å²) in [5.41, 5.74) is 1.34. The molecule has 21 heavy (non-hydrogen) atoms. The lowest BCUT2D eigenvalue weighted by molar-refractivity contribution is 0.0400. The van der Waals surface area contributed by atoms with E-state index >= 15 is 0 Å². The van der Waals surface area contributed by atoms with Crippen molar-refractivity contribution >= 4 is 0 Å². The second kappa shape index (κ2) is 7.90. The van der Waals surface area contributed by atoms with Gasteiger partial charge < -0.3 is 15.3 Å². The lowest BCUT2D eigenvalue weighted by Gasteiger charge is -2.41. The van der Waals surface area contributed by atoms with Crippen LogP contribution in [0.15, 0.2) is 30.3 Å². The van der Waals surface area contributed by atoms with Crippen molar-refractivity contribution in [2.75, 3.05) is 39.8 Å². The molecule has 1 saturated heterocycles. The summed E-state index contributed by atoms with van der Waals surface area (Å²) in [6.07, 6.45) is -0.318. The highest BCUT2D eigenvalue weighted by molar-refractivity contribution is 5.20. The molecule has 4 heteroatoms. The molecule has 1 fully saturated rings. The Hall–Kier alpha value is -0.940. The van der Waals surface area contributed by atoms with Gasteiger partial charge in [0.15, 0.2) is 0 Å². The fourth-order valence-corrected chi connectivity index (χ4v) is 2.87. The van der Waals surface area contributed by atoms with Crippen LogP contribution in [0.1, 0.15) is 25.5 Å². The van der Waals surface area contributed by atoms with Gasteiger partial charge in [-0.15, -0.1) is 0 Å². The molecule has 1 aromatic carbocycles. The summed E-state index contributed by atoms with van der Waals surface area (Å²) in [6.45, 7) is 8.69. The molecule has 4 nitrogen and oxygen atoms in total. The van der Waals surface area contributed by atoms with Gasteiger partial charge in [-0.3, -0.25) is 4.90 Å². The SMILES string of the molecule is CC(C)NCC(O)CN1CCN(C)CC1c1ccccc1. The molecule has 2 atom stereocenters. The number of aliphatic hydroxyl groups is 1. The van der Waals surface area contributed by atoms with E-state index in [1.807, 2.05) is 0 Å². The van der Waals surface area contributed by atoms with Crippen LogP contribution in [0.2, 0.25) is 0 Å². The maximum Gasteiger partial charge on any atom is 0.0791 e. The number of nitrogens with one attached hydrogen (secondary N) is 1. The average Bonchev–Trinajstić information content (AvgIpc) is 2.48. The minimum Gasteiger partial charge on any atom is -0.390 e. The van der Waals surface area contributed by atoms with Gasteiger partial charge in [-0.1, -0.05) is 44.2 Å². The summed E-state index contributed by atoms with van der Waals surface area (Å²) in [6, 6.07) is 11.4. The van der Waals surface area contributed by atoms with Crippen LogP contribution in [-0.4, -0.2) is 66.8 Å². The summed E-state index contributed by atoms with van der Waals surface area (Å²) >= 11 is 0. The Bertz CT molecular complexity index is 410. The molecule has 2 unspecified atom stereocenters. The predicted octanol–water partition coefficient (Wildman–Crippen LogP) is 1.33. The highest BCUT2D eigenvalue weighted by Gasteiger charge is 2.27. The molecule has 1 aliphatic rings. The Kier molecular flexibility index (Phi) is 6.18. The number of aliphatic hydroxyl groups excluding tert-OH is 1. The molecule has 0 bridgehead atoms. The zero-order valence-corrected chi connectivity index (χ0v) is 13.5. The molecule has 1 heterocycles. The fourth-order valence-electron chi connectivity index (χ4n) is 2.87. The van der Waals surface area contributed by atoms with Gasteiger partial charge in [-0.05, 0) is 12.6 Å². The van der Waals surface area contributed by atoms with Gasteiger partial charge in [-0.2, -0.15) is 0 Å². The second-order valence-electron chi connectivity index (χ2n) is 6.40. The van der Waals surface area contributed by atoms with Gasteiger partial charge in [0.1, 0.15) is 0 Å². The second-order valence-corrected chi connectivity index (χ2v) is 6.40. The van der Waals surface area contributed by atoms with Crippen molar-refractivity contribution in [1.82, 2.24) is 15.1 Å². The van der Waals surface area contributed by atoms with Gasteiger partial charge in [0.2, 0.25) is 0 Å². The van der Waals surface area contributed by atoms with Gasteiger partial charge >= 0.3 is 0 Å². The molecular formula is C17H29N3O. The van der Waals surface area contributed by atoms with Crippen LogP contribution in [0, 0.1) is 0 Å². The fraction of sp³-hybridized carbons (Fsp3) is 0.647. The van der Waals surface area contributed by atoms with Crippen LogP contribution in [0.4, 0.5) is 0 Å². The molecular weight excluding hydrogens is 262 g/mol. The first-order valence-electron chi connectivity index (χ1n) is 7.95. The number of hydrogen-bond donors (Lipinski definition) is 2. The molecule has 0 amide bonds. The number of hydrogen-bond acceptors (Lipinski definition) is 4. The van der Waals surface area contributed by atoms with E-state index in [1.54, 1.807) is 0 Å². The van der Waals surface area contributed by atoms with Crippen LogP contribution < -0.4 is 5.32 Å². The largest absolute Gasteiger partial charge is 0.390 e. The first kappa shape index (κ1) is 16.4. The zero-order valence-electron chi connectivity index (χ0n) is 13.5. The molecule has 2 N–H and O–H groups in total. The van der Waals surface area contributed by atoms with Gasteiger partial charge in [0.05, 0.1) is 6.10 Å². The molecule has 0 aromatic heterocycles. The van der Waals surface area contributed by atoms with Crippen molar-refractivity contribution in [3.63, 3.8) is 0 Å². The molecule has 0 spiro atoms. The number of rotatable bonds is 6. The third kappa shape index (κ3) is 5.08. The molecule has 0 aliphatic carbocycles. The standard InChI is InChI=1S/C17H29N3O/c1-14(2)18-11-16(21)12-20-10-9-19(3)13-17(20)15-7-5-4-6-8-15/h4-8,14,16-18,21H,9-13H2,1-3H3. The predicted molar refractivity (Wildman–Crippen MR) is 87.4 cm³/mol. The lowest BCUT2D eigenvalue weighted by atomic mass is 10.0. The lowest BCUT2D eigenvalue weighted by Crippen LogP contribution is -2.50. The smallest absolute Gasteiger partial charge is 0.0791 e. The van der Waals surface area contributed by atoms with E-state index in [4.69, 9.17) is 0 Å². The number of β-amino-alcohol motifs (C(OH)–C–C–N with tert-alkyl or cyclic N) is 1. The van der Waals surface area contributed by atoms with E-state index in [1.165, 1.54) is 5.56 Å². The molecule has 1 aliphatic heterocycles. The summed E-state index contributed by atoms with van der Waals surface area (Å²) in [4.78, 5) is 4.79. The van der Waals surface area contributed by atoms with Crippen molar-refractivity contribution in [3.8, 4) is 0 Å². The topological polar surface area (TPSA) is 38.7 Å². The average molecular weight is 291 g/mol. The first-order valence-corrected chi connectivity index (χ1v) is 7.95. The summed E-state index contributed by atoms with van der Waals surface area (Å²) in [5.74, 6) is 0. The van der Waals surface area contributed by atoms with Gasteiger partial charge in [0, 0.05) is 44.8 Å². The Balaban J connectivity index is 1.98. The first-order chi connectivity index (χ1) is 10.1. The normalized spacial score (nSPS) is 22.6. The molecule has 2 rings (SSSR count). The van der Waals surface area contributed by atoms with Crippen molar-refractivity contribution < 1.29 is 5.11 Å². The van der Waals surface area contributed by atoms with Crippen LogP contribution in [0.3, 0.4) is 0 Å². The maximum absolute atomic E-state index is 10.3. The van der Waals surface area contributed by atoms with E-state index < -0.39 is 0 Å². The Morgan fingerprint density at radius 1 is 1.24 bits per heavy atom. The highest BCUT2D eigenvalue weighted by Crippen LogP contribution is 2.24. The van der Waals surface area contributed by atoms with E-state index in [0.717, 1.165) is 26.2 Å². The molecule has 118 valence electrons. The van der Waals surface area contributed by atoms with Gasteiger partial charge in [0.25, 0.3) is 0 Å². The minimum absolute atomic E-state index is 0.318. The molecule has 0 saturated carbocycles. The van der Waals surface area contributed by atoms with E-state index in [-0.39, 0.29) is 6.10 Å². The number of nitrogens with zero attached hydrogens (tertiary/aromatic N) is 2. The monoisotopic (exact) mass is 291 g/mol.